The monoisotopic (exact) mass is 278 g/mol. The van der Waals surface area contributed by atoms with Crippen LogP contribution in [0.3, 0.4) is 0 Å². The highest BCUT2D eigenvalue weighted by Crippen LogP contribution is 2.40. The molecule has 0 radical (unpaired) electrons. The molecule has 8 heteroatoms. The van der Waals surface area contributed by atoms with Gasteiger partial charge in [-0.2, -0.15) is 0 Å². The standard InChI is InChI=1S/C10H12F2N2O3S/c11-10(12)3-1-6(2-4-10)8-13-14-9(17-8)18-5-7(15)16/h6H,1-5H2,(H,15,16). The normalized spacial score (nSPS) is 19.9. The maximum Gasteiger partial charge on any atom is 0.314 e. The van der Waals surface area contributed by atoms with Crippen molar-refractivity contribution in [2.75, 3.05) is 5.75 Å². The highest BCUT2D eigenvalue weighted by atomic mass is 32.2. The molecule has 2 rings (SSSR count). The molecule has 1 aromatic rings. The maximum atomic E-state index is 13.0. The van der Waals surface area contributed by atoms with Gasteiger partial charge in [0.15, 0.2) is 0 Å². The first kappa shape index (κ1) is 13.3. The highest BCUT2D eigenvalue weighted by molar-refractivity contribution is 7.99. The summed E-state index contributed by atoms with van der Waals surface area (Å²) < 4.78 is 31.2. The molecule has 0 spiro atoms. The van der Waals surface area contributed by atoms with Crippen LogP contribution in [0.5, 0.6) is 0 Å². The number of aromatic nitrogens is 2. The van der Waals surface area contributed by atoms with Crippen molar-refractivity contribution in [2.45, 2.75) is 42.7 Å². The maximum absolute atomic E-state index is 13.0. The molecule has 100 valence electrons. The number of aliphatic carboxylic acids is 1. The summed E-state index contributed by atoms with van der Waals surface area (Å²) in [4.78, 5) is 10.4. The zero-order valence-corrected chi connectivity index (χ0v) is 10.3. The van der Waals surface area contributed by atoms with Crippen molar-refractivity contribution in [3.8, 4) is 0 Å². The third-order valence-corrected chi connectivity index (χ3v) is 3.61. The summed E-state index contributed by atoms with van der Waals surface area (Å²) >= 11 is 0.925. The predicted octanol–water partition coefficient (Wildman–Crippen LogP) is 2.54. The van der Waals surface area contributed by atoms with E-state index in [0.717, 1.165) is 11.8 Å². The van der Waals surface area contributed by atoms with E-state index in [-0.39, 0.29) is 29.7 Å². The van der Waals surface area contributed by atoms with Crippen LogP contribution in [0.1, 0.15) is 37.5 Å². The summed E-state index contributed by atoms with van der Waals surface area (Å²) in [7, 11) is 0. The van der Waals surface area contributed by atoms with Crippen LogP contribution < -0.4 is 0 Å². The van der Waals surface area contributed by atoms with Crippen molar-refractivity contribution in [3.05, 3.63) is 5.89 Å². The van der Waals surface area contributed by atoms with Gasteiger partial charge in [0.1, 0.15) is 5.75 Å². The van der Waals surface area contributed by atoms with Gasteiger partial charge in [0.2, 0.25) is 11.8 Å². The van der Waals surface area contributed by atoms with E-state index in [4.69, 9.17) is 9.52 Å². The molecule has 0 atom stereocenters. The van der Waals surface area contributed by atoms with Crippen molar-refractivity contribution in [1.29, 1.82) is 0 Å². The second kappa shape index (κ2) is 5.21. The Balaban J connectivity index is 1.92. The lowest BCUT2D eigenvalue weighted by atomic mass is 9.87. The van der Waals surface area contributed by atoms with E-state index in [1.165, 1.54) is 0 Å². The Morgan fingerprint density at radius 2 is 2.11 bits per heavy atom. The fourth-order valence-corrected chi connectivity index (χ4v) is 2.34. The van der Waals surface area contributed by atoms with Crippen LogP contribution in [-0.2, 0) is 4.79 Å². The zero-order chi connectivity index (χ0) is 13.2. The van der Waals surface area contributed by atoms with E-state index in [9.17, 15) is 13.6 Å². The zero-order valence-electron chi connectivity index (χ0n) is 9.44. The molecule has 18 heavy (non-hydrogen) atoms. The Kier molecular flexibility index (Phi) is 3.84. The Morgan fingerprint density at radius 1 is 1.44 bits per heavy atom. The number of carboxylic acid groups (broad SMARTS) is 1. The number of hydrogen-bond donors (Lipinski definition) is 1. The number of carbonyl (C=O) groups is 1. The summed E-state index contributed by atoms with van der Waals surface area (Å²) in [6, 6.07) is 0. The Morgan fingerprint density at radius 3 is 2.72 bits per heavy atom. The Labute approximate surface area is 106 Å². The first-order chi connectivity index (χ1) is 8.46. The lowest BCUT2D eigenvalue weighted by Crippen LogP contribution is -2.23. The lowest BCUT2D eigenvalue weighted by molar-refractivity contribution is -0.133. The van der Waals surface area contributed by atoms with Gasteiger partial charge in [-0.3, -0.25) is 4.79 Å². The van der Waals surface area contributed by atoms with Crippen LogP contribution in [0, 0.1) is 0 Å². The molecule has 1 aliphatic rings. The average molecular weight is 278 g/mol. The minimum atomic E-state index is -2.59. The number of thioether (sulfide) groups is 1. The van der Waals surface area contributed by atoms with Gasteiger partial charge in [-0.25, -0.2) is 8.78 Å². The minimum absolute atomic E-state index is 0.142. The minimum Gasteiger partial charge on any atom is -0.481 e. The summed E-state index contributed by atoms with van der Waals surface area (Å²) in [5.74, 6) is -3.53. The molecule has 1 saturated carbocycles. The first-order valence-corrected chi connectivity index (χ1v) is 6.51. The van der Waals surface area contributed by atoms with Crippen LogP contribution in [0.15, 0.2) is 9.64 Å². The molecule has 0 aliphatic heterocycles. The van der Waals surface area contributed by atoms with Crippen LogP contribution in [0.4, 0.5) is 8.78 Å². The fourth-order valence-electron chi connectivity index (χ4n) is 1.85. The molecule has 0 aromatic carbocycles. The van der Waals surface area contributed by atoms with E-state index in [1.54, 1.807) is 0 Å². The van der Waals surface area contributed by atoms with Gasteiger partial charge in [0.05, 0.1) is 0 Å². The second-order valence-electron chi connectivity index (χ2n) is 4.22. The molecular formula is C10H12F2N2O3S. The van der Waals surface area contributed by atoms with Crippen LogP contribution in [-0.4, -0.2) is 32.9 Å². The van der Waals surface area contributed by atoms with Crippen molar-refractivity contribution in [2.24, 2.45) is 0 Å². The second-order valence-corrected chi connectivity index (χ2v) is 5.15. The van der Waals surface area contributed by atoms with Crippen LogP contribution >= 0.6 is 11.8 Å². The summed E-state index contributed by atoms with van der Waals surface area (Å²) in [5.41, 5.74) is 0. The largest absolute Gasteiger partial charge is 0.481 e. The number of hydrogen-bond acceptors (Lipinski definition) is 5. The third kappa shape index (κ3) is 3.41. The molecule has 5 nitrogen and oxygen atoms in total. The van der Waals surface area contributed by atoms with Crippen LogP contribution in [0.25, 0.3) is 0 Å². The Hall–Kier alpha value is -1.18. The summed E-state index contributed by atoms with van der Waals surface area (Å²) in [5, 5.41) is 16.2. The topological polar surface area (TPSA) is 76.2 Å². The number of halogens is 2. The highest BCUT2D eigenvalue weighted by Gasteiger charge is 2.37. The summed E-state index contributed by atoms with van der Waals surface area (Å²) in [6.45, 7) is 0. The molecule has 1 aromatic heterocycles. The number of rotatable bonds is 4. The molecule has 1 heterocycles. The van der Waals surface area contributed by atoms with E-state index in [1.807, 2.05) is 0 Å². The van der Waals surface area contributed by atoms with Gasteiger partial charge in [0, 0.05) is 18.8 Å². The van der Waals surface area contributed by atoms with Gasteiger partial charge in [-0.15, -0.1) is 10.2 Å². The van der Waals surface area contributed by atoms with Crippen molar-refractivity contribution in [1.82, 2.24) is 10.2 Å². The molecule has 0 amide bonds. The van der Waals surface area contributed by atoms with Crippen molar-refractivity contribution >= 4 is 17.7 Å². The molecule has 1 N–H and O–H groups in total. The number of carboxylic acids is 1. The lowest BCUT2D eigenvalue weighted by Gasteiger charge is -2.25. The fraction of sp³-hybridized carbons (Fsp3) is 0.700. The SMILES string of the molecule is O=C(O)CSc1nnc(C2CCC(F)(F)CC2)o1. The Bertz CT molecular complexity index is 429. The first-order valence-electron chi connectivity index (χ1n) is 5.52. The van der Waals surface area contributed by atoms with E-state index in [2.05, 4.69) is 10.2 Å². The smallest absolute Gasteiger partial charge is 0.314 e. The molecular weight excluding hydrogens is 266 g/mol. The number of alkyl halides is 2. The predicted molar refractivity (Wildman–Crippen MR) is 58.8 cm³/mol. The molecule has 1 aliphatic carbocycles. The van der Waals surface area contributed by atoms with Gasteiger partial charge in [-0.1, -0.05) is 11.8 Å². The van der Waals surface area contributed by atoms with E-state index in [0.29, 0.717) is 18.7 Å². The number of nitrogens with zero attached hydrogens (tertiary/aromatic N) is 2. The molecule has 0 bridgehead atoms. The van der Waals surface area contributed by atoms with Gasteiger partial charge in [-0.05, 0) is 12.8 Å². The van der Waals surface area contributed by atoms with Crippen molar-refractivity contribution < 1.29 is 23.1 Å². The summed E-state index contributed by atoms with van der Waals surface area (Å²) in [6.07, 6.45) is 0.297. The van der Waals surface area contributed by atoms with Crippen molar-refractivity contribution in [3.63, 3.8) is 0 Å². The molecule has 1 fully saturated rings. The molecule has 0 saturated heterocycles. The molecule has 0 unspecified atom stereocenters. The average Bonchev–Trinajstić information content (AvgIpc) is 2.75. The van der Waals surface area contributed by atoms with E-state index < -0.39 is 11.9 Å². The quantitative estimate of drug-likeness (QED) is 0.853. The van der Waals surface area contributed by atoms with E-state index >= 15 is 0 Å². The third-order valence-electron chi connectivity index (χ3n) is 2.81. The van der Waals surface area contributed by atoms with Crippen LogP contribution in [0.2, 0.25) is 0 Å². The van der Waals surface area contributed by atoms with Gasteiger partial charge >= 0.3 is 5.97 Å². The van der Waals surface area contributed by atoms with Gasteiger partial charge in [0.25, 0.3) is 5.22 Å². The van der Waals surface area contributed by atoms with Gasteiger partial charge < -0.3 is 9.52 Å².